The predicted molar refractivity (Wildman–Crippen MR) is 114 cm³/mol. The third kappa shape index (κ3) is 3.20. The minimum Gasteiger partial charge on any atom is -0.312 e. The van der Waals surface area contributed by atoms with Crippen LogP contribution < -0.4 is 4.90 Å². The number of amides is 1. The van der Waals surface area contributed by atoms with Crippen LogP contribution in [0, 0.1) is 5.92 Å². The molecule has 2 heterocycles. The molecule has 2 aliphatic heterocycles. The number of hydrogen-bond acceptors (Lipinski definition) is 2. The number of para-hydroxylation sites is 1. The first-order valence-electron chi connectivity index (χ1n) is 10.4. The molecule has 0 radical (unpaired) electrons. The summed E-state index contributed by atoms with van der Waals surface area (Å²) >= 11 is 0. The van der Waals surface area contributed by atoms with Crippen LogP contribution in [0.3, 0.4) is 0 Å². The SMILES string of the molecule is O=C(C1CCCN(Cc2cccc3ccccc23)C1)N1CCc2ccccc21. The lowest BCUT2D eigenvalue weighted by molar-refractivity contribution is -0.124. The molecule has 1 amide bonds. The van der Waals surface area contributed by atoms with E-state index in [1.54, 1.807) is 0 Å². The molecular formula is C25H26N2O. The Morgan fingerprint density at radius 3 is 2.71 bits per heavy atom. The summed E-state index contributed by atoms with van der Waals surface area (Å²) in [6.45, 7) is 3.68. The molecule has 2 aliphatic rings. The molecule has 1 unspecified atom stereocenters. The number of anilines is 1. The number of benzene rings is 3. The Hall–Kier alpha value is -2.65. The fraction of sp³-hybridized carbons (Fsp3) is 0.320. The van der Waals surface area contributed by atoms with Gasteiger partial charge in [0.05, 0.1) is 5.92 Å². The third-order valence-electron chi connectivity index (χ3n) is 6.28. The van der Waals surface area contributed by atoms with Crippen molar-refractivity contribution in [2.24, 2.45) is 5.92 Å². The zero-order valence-electron chi connectivity index (χ0n) is 16.2. The Balaban J connectivity index is 1.32. The van der Waals surface area contributed by atoms with Gasteiger partial charge in [-0.15, -0.1) is 0 Å². The molecule has 1 fully saturated rings. The quantitative estimate of drug-likeness (QED) is 0.670. The average molecular weight is 370 g/mol. The molecule has 142 valence electrons. The van der Waals surface area contributed by atoms with Gasteiger partial charge in [-0.25, -0.2) is 0 Å². The maximum atomic E-state index is 13.3. The van der Waals surface area contributed by atoms with Crippen molar-refractivity contribution in [1.29, 1.82) is 0 Å². The molecular weight excluding hydrogens is 344 g/mol. The predicted octanol–water partition coefficient (Wildman–Crippen LogP) is 4.64. The van der Waals surface area contributed by atoms with E-state index in [4.69, 9.17) is 0 Å². The molecule has 3 aromatic rings. The Kier molecular flexibility index (Phi) is 4.61. The summed E-state index contributed by atoms with van der Waals surface area (Å²) in [6, 6.07) is 23.5. The van der Waals surface area contributed by atoms with E-state index in [2.05, 4.69) is 65.6 Å². The van der Waals surface area contributed by atoms with Gasteiger partial charge in [0, 0.05) is 25.3 Å². The summed E-state index contributed by atoms with van der Waals surface area (Å²) in [6.07, 6.45) is 3.08. The Morgan fingerprint density at radius 1 is 0.929 bits per heavy atom. The van der Waals surface area contributed by atoms with Gasteiger partial charge >= 0.3 is 0 Å². The second-order valence-corrected chi connectivity index (χ2v) is 8.08. The fourth-order valence-electron chi connectivity index (χ4n) is 4.86. The summed E-state index contributed by atoms with van der Waals surface area (Å²) in [7, 11) is 0. The molecule has 28 heavy (non-hydrogen) atoms. The number of rotatable bonds is 3. The van der Waals surface area contributed by atoms with Crippen LogP contribution >= 0.6 is 0 Å². The lowest BCUT2D eigenvalue weighted by atomic mass is 9.95. The van der Waals surface area contributed by atoms with E-state index in [9.17, 15) is 4.79 Å². The molecule has 0 saturated carbocycles. The van der Waals surface area contributed by atoms with Crippen molar-refractivity contribution < 1.29 is 4.79 Å². The number of carbonyl (C=O) groups excluding carboxylic acids is 1. The number of fused-ring (bicyclic) bond motifs is 2. The summed E-state index contributed by atoms with van der Waals surface area (Å²) < 4.78 is 0. The van der Waals surface area contributed by atoms with Gasteiger partial charge in [0.2, 0.25) is 5.91 Å². The van der Waals surface area contributed by atoms with E-state index >= 15 is 0 Å². The normalized spacial score (nSPS) is 19.7. The van der Waals surface area contributed by atoms with Crippen LogP contribution in [0.2, 0.25) is 0 Å². The van der Waals surface area contributed by atoms with Crippen molar-refractivity contribution in [3.05, 3.63) is 77.9 Å². The van der Waals surface area contributed by atoms with Gasteiger partial charge in [-0.3, -0.25) is 9.69 Å². The van der Waals surface area contributed by atoms with Crippen LogP contribution in [0.1, 0.15) is 24.0 Å². The van der Waals surface area contributed by atoms with Gasteiger partial charge in [-0.05, 0) is 53.8 Å². The van der Waals surface area contributed by atoms with Crippen LogP contribution in [0.25, 0.3) is 10.8 Å². The van der Waals surface area contributed by atoms with E-state index in [1.165, 1.54) is 21.9 Å². The van der Waals surface area contributed by atoms with E-state index < -0.39 is 0 Å². The minimum atomic E-state index is 0.106. The lowest BCUT2D eigenvalue weighted by Gasteiger charge is -2.34. The van der Waals surface area contributed by atoms with E-state index in [0.29, 0.717) is 5.91 Å². The molecule has 1 atom stereocenters. The topological polar surface area (TPSA) is 23.6 Å². The molecule has 5 rings (SSSR count). The molecule has 3 heteroatoms. The maximum absolute atomic E-state index is 13.3. The Bertz CT molecular complexity index is 1010. The highest BCUT2D eigenvalue weighted by atomic mass is 16.2. The number of nitrogens with zero attached hydrogens (tertiary/aromatic N) is 2. The monoisotopic (exact) mass is 370 g/mol. The standard InChI is InChI=1S/C25H26N2O/c28-25(27-16-14-20-8-2-4-13-24(20)27)22-11-6-15-26(18-22)17-21-10-5-9-19-7-1-3-12-23(19)21/h1-5,7-10,12-13,22H,6,11,14-18H2. The largest absolute Gasteiger partial charge is 0.312 e. The Morgan fingerprint density at radius 2 is 1.75 bits per heavy atom. The Labute approximate surface area is 166 Å². The lowest BCUT2D eigenvalue weighted by Crippen LogP contribution is -2.44. The molecule has 1 saturated heterocycles. The second-order valence-electron chi connectivity index (χ2n) is 8.08. The second kappa shape index (κ2) is 7.40. The van der Waals surface area contributed by atoms with Gasteiger partial charge < -0.3 is 4.90 Å². The molecule has 0 N–H and O–H groups in total. The smallest absolute Gasteiger partial charge is 0.231 e. The van der Waals surface area contributed by atoms with Crippen LogP contribution in [0.5, 0.6) is 0 Å². The van der Waals surface area contributed by atoms with Crippen LogP contribution in [0.4, 0.5) is 5.69 Å². The number of carbonyl (C=O) groups is 1. The summed E-state index contributed by atoms with van der Waals surface area (Å²) in [4.78, 5) is 17.8. The van der Waals surface area contributed by atoms with Crippen LogP contribution in [-0.2, 0) is 17.8 Å². The van der Waals surface area contributed by atoms with Crippen LogP contribution in [-0.4, -0.2) is 30.4 Å². The van der Waals surface area contributed by atoms with Gasteiger partial charge in [0.25, 0.3) is 0 Å². The van der Waals surface area contributed by atoms with E-state index in [-0.39, 0.29) is 5.92 Å². The maximum Gasteiger partial charge on any atom is 0.231 e. The number of likely N-dealkylation sites (tertiary alicyclic amines) is 1. The van der Waals surface area contributed by atoms with Crippen molar-refractivity contribution in [2.45, 2.75) is 25.8 Å². The van der Waals surface area contributed by atoms with Gasteiger partial charge in [0.1, 0.15) is 0 Å². The molecule has 0 bridgehead atoms. The number of piperidine rings is 1. The van der Waals surface area contributed by atoms with Crippen molar-refractivity contribution in [1.82, 2.24) is 4.90 Å². The first-order chi connectivity index (χ1) is 13.8. The van der Waals surface area contributed by atoms with Crippen LogP contribution in [0.15, 0.2) is 66.7 Å². The summed E-state index contributed by atoms with van der Waals surface area (Å²) in [5.41, 5.74) is 3.79. The fourth-order valence-corrected chi connectivity index (χ4v) is 4.86. The van der Waals surface area contributed by atoms with Crippen molar-refractivity contribution in [3.8, 4) is 0 Å². The minimum absolute atomic E-state index is 0.106. The zero-order chi connectivity index (χ0) is 18.9. The van der Waals surface area contributed by atoms with Gasteiger partial charge in [-0.2, -0.15) is 0 Å². The van der Waals surface area contributed by atoms with Crippen molar-refractivity contribution in [3.63, 3.8) is 0 Å². The highest BCUT2D eigenvalue weighted by Crippen LogP contribution is 2.31. The van der Waals surface area contributed by atoms with E-state index in [0.717, 1.165) is 51.1 Å². The molecule has 0 aromatic heterocycles. The third-order valence-corrected chi connectivity index (χ3v) is 6.28. The van der Waals surface area contributed by atoms with E-state index in [1.807, 2.05) is 11.0 Å². The highest BCUT2D eigenvalue weighted by Gasteiger charge is 2.32. The number of hydrogen-bond donors (Lipinski definition) is 0. The molecule has 3 nitrogen and oxygen atoms in total. The summed E-state index contributed by atoms with van der Waals surface area (Å²) in [5.74, 6) is 0.419. The average Bonchev–Trinajstić information content (AvgIpc) is 3.18. The molecule has 0 aliphatic carbocycles. The zero-order valence-corrected chi connectivity index (χ0v) is 16.2. The summed E-state index contributed by atoms with van der Waals surface area (Å²) in [5, 5.41) is 2.62. The molecule has 3 aromatic carbocycles. The first kappa shape index (κ1) is 17.4. The highest BCUT2D eigenvalue weighted by molar-refractivity contribution is 5.97. The van der Waals surface area contributed by atoms with Gasteiger partial charge in [-0.1, -0.05) is 60.7 Å². The first-order valence-corrected chi connectivity index (χ1v) is 10.4. The van der Waals surface area contributed by atoms with Gasteiger partial charge in [0.15, 0.2) is 0 Å². The molecule has 0 spiro atoms. The van der Waals surface area contributed by atoms with Crippen molar-refractivity contribution >= 4 is 22.4 Å². The van der Waals surface area contributed by atoms with Crippen molar-refractivity contribution in [2.75, 3.05) is 24.5 Å².